The van der Waals surface area contributed by atoms with E-state index in [4.69, 9.17) is 0 Å². The van der Waals surface area contributed by atoms with Gasteiger partial charge in [0.15, 0.2) is 0 Å². The highest BCUT2D eigenvalue weighted by Crippen LogP contribution is 2.30. The van der Waals surface area contributed by atoms with E-state index in [2.05, 4.69) is 110 Å². The third-order valence-electron chi connectivity index (χ3n) is 6.26. The highest BCUT2D eigenvalue weighted by atomic mass is 32.1. The average molecular weight is 426 g/mol. The summed E-state index contributed by atoms with van der Waals surface area (Å²) in [5, 5.41) is 1.38. The minimum Gasteiger partial charge on any atom is -0.149 e. The number of aryl methyl sites for hydroxylation is 3. The monoisotopic (exact) mass is 426 g/mol. The van der Waals surface area contributed by atoms with Crippen molar-refractivity contribution in [3.8, 4) is 0 Å². The Morgan fingerprint density at radius 3 is 2.19 bits per heavy atom. The largest absolute Gasteiger partial charge is 0.250 e. The van der Waals surface area contributed by atoms with Gasteiger partial charge < -0.3 is 0 Å². The van der Waals surface area contributed by atoms with Gasteiger partial charge in [-0.2, -0.15) is 0 Å². The second kappa shape index (κ2) is 9.45. The summed E-state index contributed by atoms with van der Waals surface area (Å²) in [6, 6.07) is 15.5. The van der Waals surface area contributed by atoms with Crippen molar-refractivity contribution >= 4 is 38.4 Å². The van der Waals surface area contributed by atoms with Crippen molar-refractivity contribution in [1.82, 2.24) is 0 Å². The van der Waals surface area contributed by atoms with Crippen molar-refractivity contribution < 1.29 is 0 Å². The molecule has 0 N–H and O–H groups in total. The molecular formula is C29H35BS. The summed E-state index contributed by atoms with van der Waals surface area (Å²) in [6.07, 6.45) is 7.55. The van der Waals surface area contributed by atoms with Crippen LogP contribution in [0.2, 0.25) is 0 Å². The third-order valence-corrected chi connectivity index (χ3v) is 7.59. The van der Waals surface area contributed by atoms with Crippen LogP contribution >= 0.6 is 11.3 Å². The molecule has 0 spiro atoms. The van der Waals surface area contributed by atoms with Crippen LogP contribution in [-0.4, -0.2) is 6.71 Å². The van der Waals surface area contributed by atoms with E-state index in [-0.39, 0.29) is 12.1 Å². The summed E-state index contributed by atoms with van der Waals surface area (Å²) < 4.78 is 2.85. The number of benzene rings is 2. The molecule has 0 saturated heterocycles. The van der Waals surface area contributed by atoms with Crippen LogP contribution in [0.25, 0.3) is 10.1 Å². The first kappa shape index (κ1) is 23.4. The molecule has 0 fully saturated rings. The van der Waals surface area contributed by atoms with Crippen LogP contribution in [0.4, 0.5) is 0 Å². The molecule has 3 aromatic rings. The summed E-state index contributed by atoms with van der Waals surface area (Å²) in [5.74, 6) is 0. The van der Waals surface area contributed by atoms with Gasteiger partial charge in [0.05, 0.1) is 0 Å². The molecule has 0 unspecified atom stereocenters. The maximum Gasteiger partial charge on any atom is 0.250 e. The minimum absolute atomic E-state index is 0.0646. The molecule has 2 aromatic carbocycles. The number of hydrogen-bond donors (Lipinski definition) is 0. The number of rotatable bonds is 6. The molecule has 0 aliphatic heterocycles. The van der Waals surface area contributed by atoms with Crippen LogP contribution in [0.1, 0.15) is 50.8 Å². The van der Waals surface area contributed by atoms with Crippen LogP contribution in [0, 0.1) is 26.2 Å². The molecule has 3 rings (SSSR count). The molecule has 31 heavy (non-hydrogen) atoms. The van der Waals surface area contributed by atoms with Gasteiger partial charge in [0.25, 0.3) is 6.71 Å². The van der Waals surface area contributed by atoms with Crippen molar-refractivity contribution in [3.05, 3.63) is 95.0 Å². The van der Waals surface area contributed by atoms with E-state index in [1.807, 2.05) is 17.4 Å². The first-order chi connectivity index (χ1) is 14.7. The Bertz CT molecular complexity index is 1130. The Labute approximate surface area is 193 Å². The maximum absolute atomic E-state index is 3.98. The lowest BCUT2D eigenvalue weighted by molar-refractivity contribution is 0.516. The Hall–Kier alpha value is -2.32. The summed E-state index contributed by atoms with van der Waals surface area (Å²) in [6.45, 7) is 20.2. The van der Waals surface area contributed by atoms with E-state index in [1.165, 1.54) is 48.1 Å². The number of fused-ring (bicyclic) bond motifs is 1. The van der Waals surface area contributed by atoms with Crippen LogP contribution < -0.4 is 10.2 Å². The molecule has 0 radical (unpaired) electrons. The molecule has 0 aliphatic rings. The quantitative estimate of drug-likeness (QED) is 0.283. The highest BCUT2D eigenvalue weighted by molar-refractivity contribution is 7.31. The van der Waals surface area contributed by atoms with E-state index in [0.717, 1.165) is 6.42 Å². The Morgan fingerprint density at radius 2 is 1.65 bits per heavy atom. The fraction of sp³-hybridized carbons (Fsp3) is 0.310. The van der Waals surface area contributed by atoms with Gasteiger partial charge in [0.2, 0.25) is 0 Å². The van der Waals surface area contributed by atoms with Gasteiger partial charge in [-0.15, -0.1) is 11.3 Å². The number of allylic oxidation sites excluding steroid dienone is 5. The van der Waals surface area contributed by atoms with Gasteiger partial charge in [0.1, 0.15) is 0 Å². The van der Waals surface area contributed by atoms with Gasteiger partial charge >= 0.3 is 0 Å². The number of thiophene rings is 1. The first-order valence-electron chi connectivity index (χ1n) is 11.3. The Morgan fingerprint density at radius 1 is 1.00 bits per heavy atom. The topological polar surface area (TPSA) is 0 Å². The number of hydrogen-bond acceptors (Lipinski definition) is 1. The molecule has 0 atom stereocenters. The highest BCUT2D eigenvalue weighted by Gasteiger charge is 2.30. The lowest BCUT2D eigenvalue weighted by Gasteiger charge is -2.25. The van der Waals surface area contributed by atoms with Gasteiger partial charge in [-0.05, 0) is 60.0 Å². The summed E-state index contributed by atoms with van der Waals surface area (Å²) in [7, 11) is 0. The van der Waals surface area contributed by atoms with Crippen molar-refractivity contribution in [3.63, 3.8) is 0 Å². The van der Waals surface area contributed by atoms with E-state index in [9.17, 15) is 0 Å². The minimum atomic E-state index is 0.0646. The SMILES string of the molecule is C=C/C=C(\C=C(/CC)B(c1sc2ccccc2c1C)c1c(C)cccc1C)C(C)(C)C. The summed E-state index contributed by atoms with van der Waals surface area (Å²) in [4.78, 5) is 0. The van der Waals surface area contributed by atoms with Crippen LogP contribution in [0.15, 0.2) is 78.3 Å². The molecule has 0 nitrogen and oxygen atoms in total. The fourth-order valence-electron chi connectivity index (χ4n) is 4.47. The molecule has 1 heterocycles. The zero-order valence-electron chi connectivity index (χ0n) is 20.2. The summed E-state index contributed by atoms with van der Waals surface area (Å²) >= 11 is 1.96. The standard InChI is InChI=1S/C29H35BS/c1-9-14-23(29(6,7)8)19-24(10-2)30(27-20(3)15-13-16-21(27)4)28-22(5)25-17-11-12-18-26(25)31-28/h9,11-19H,1,10H2,2-8H3/b23-14+,24-19+. The van der Waals surface area contributed by atoms with Crippen molar-refractivity contribution in [2.45, 2.75) is 54.9 Å². The molecule has 0 aliphatic carbocycles. The van der Waals surface area contributed by atoms with Crippen molar-refractivity contribution in [2.75, 3.05) is 0 Å². The zero-order valence-corrected chi connectivity index (χ0v) is 21.0. The molecule has 1 aromatic heterocycles. The van der Waals surface area contributed by atoms with Crippen LogP contribution in [0.5, 0.6) is 0 Å². The van der Waals surface area contributed by atoms with E-state index < -0.39 is 0 Å². The Balaban J connectivity index is 2.35. The van der Waals surface area contributed by atoms with Crippen molar-refractivity contribution in [1.29, 1.82) is 0 Å². The normalized spacial score (nSPS) is 13.0. The molecule has 2 heteroatoms. The van der Waals surface area contributed by atoms with E-state index in [0.29, 0.717) is 0 Å². The second-order valence-electron chi connectivity index (χ2n) is 9.51. The van der Waals surface area contributed by atoms with E-state index in [1.54, 1.807) is 0 Å². The average Bonchev–Trinajstić information content (AvgIpc) is 3.04. The molecule has 0 saturated carbocycles. The van der Waals surface area contributed by atoms with Gasteiger partial charge in [-0.1, -0.05) is 111 Å². The Kier molecular flexibility index (Phi) is 7.11. The van der Waals surface area contributed by atoms with Crippen LogP contribution in [-0.2, 0) is 0 Å². The third kappa shape index (κ3) is 4.80. The smallest absolute Gasteiger partial charge is 0.149 e. The first-order valence-corrected chi connectivity index (χ1v) is 12.1. The van der Waals surface area contributed by atoms with Gasteiger partial charge in [-0.25, -0.2) is 0 Å². The van der Waals surface area contributed by atoms with Gasteiger partial charge in [0, 0.05) is 4.70 Å². The van der Waals surface area contributed by atoms with Crippen molar-refractivity contribution in [2.24, 2.45) is 5.41 Å². The molecular weight excluding hydrogens is 391 g/mol. The lowest BCUT2D eigenvalue weighted by Crippen LogP contribution is -2.46. The fourth-order valence-corrected chi connectivity index (χ4v) is 5.83. The zero-order chi connectivity index (χ0) is 22.8. The lowest BCUT2D eigenvalue weighted by atomic mass is 9.36. The van der Waals surface area contributed by atoms with E-state index >= 15 is 0 Å². The maximum atomic E-state index is 3.98. The predicted molar refractivity (Wildman–Crippen MR) is 144 cm³/mol. The van der Waals surface area contributed by atoms with Crippen LogP contribution in [0.3, 0.4) is 0 Å². The summed E-state index contributed by atoms with van der Waals surface area (Å²) in [5.41, 5.74) is 8.46. The molecule has 160 valence electrons. The second-order valence-corrected chi connectivity index (χ2v) is 10.6. The molecule has 0 amide bonds. The predicted octanol–water partition coefficient (Wildman–Crippen LogP) is 7.47. The molecule has 0 bridgehead atoms. The van der Waals surface area contributed by atoms with Gasteiger partial charge in [-0.3, -0.25) is 0 Å².